The van der Waals surface area contributed by atoms with Crippen molar-refractivity contribution in [2.24, 2.45) is 0 Å². The molecule has 2 aliphatic rings. The van der Waals surface area contributed by atoms with E-state index in [-0.39, 0.29) is 5.76 Å². The average Bonchev–Trinajstić information content (AvgIpc) is 2.38. The summed E-state index contributed by atoms with van der Waals surface area (Å²) in [6, 6.07) is 7.93. The van der Waals surface area contributed by atoms with Gasteiger partial charge in [0.25, 0.3) is 0 Å². The number of fused-ring (bicyclic) bond motifs is 2. The van der Waals surface area contributed by atoms with Gasteiger partial charge in [0.1, 0.15) is 5.76 Å². The lowest BCUT2D eigenvalue weighted by atomic mass is 10.0. The van der Waals surface area contributed by atoms with Crippen molar-refractivity contribution in [2.45, 2.75) is 11.3 Å². The Kier molecular flexibility index (Phi) is 2.44. The van der Waals surface area contributed by atoms with Gasteiger partial charge in [-0.05, 0) is 24.1 Å². The lowest BCUT2D eigenvalue weighted by Gasteiger charge is -2.25. The molecule has 0 saturated heterocycles. The van der Waals surface area contributed by atoms with Crippen LogP contribution in [0.15, 0.2) is 46.6 Å². The molecule has 3 rings (SSSR count). The topological polar surface area (TPSA) is 46.5 Å². The Morgan fingerprint density at radius 3 is 3.00 bits per heavy atom. The first-order valence-electron chi connectivity index (χ1n) is 5.31. The highest BCUT2D eigenvalue weighted by molar-refractivity contribution is 7.99. The molecule has 0 saturated carbocycles. The van der Waals surface area contributed by atoms with Crippen LogP contribution in [0.25, 0.3) is 5.76 Å². The van der Waals surface area contributed by atoms with E-state index in [0.29, 0.717) is 6.42 Å². The predicted molar refractivity (Wildman–Crippen MR) is 65.5 cm³/mol. The second kappa shape index (κ2) is 3.96. The molecule has 4 heteroatoms. The molecule has 2 aliphatic heterocycles. The van der Waals surface area contributed by atoms with Gasteiger partial charge in [0.15, 0.2) is 0 Å². The molecule has 0 aliphatic carbocycles. The van der Waals surface area contributed by atoms with Crippen molar-refractivity contribution in [2.75, 3.05) is 5.75 Å². The van der Waals surface area contributed by atoms with E-state index in [1.165, 1.54) is 5.57 Å². The normalized spacial score (nSPS) is 17.8. The van der Waals surface area contributed by atoms with Gasteiger partial charge in [-0.3, -0.25) is 0 Å². The molecular formula is C13H10O3S. The summed E-state index contributed by atoms with van der Waals surface area (Å²) < 4.78 is 5.51. The summed E-state index contributed by atoms with van der Waals surface area (Å²) in [5.74, 6) is 0.632. The maximum atomic E-state index is 10.9. The fourth-order valence-electron chi connectivity index (χ4n) is 1.98. The lowest BCUT2D eigenvalue weighted by Crippen LogP contribution is -2.13. The molecule has 0 amide bonds. The number of ether oxygens (including phenoxy) is 1. The van der Waals surface area contributed by atoms with Gasteiger partial charge in [0, 0.05) is 16.2 Å². The van der Waals surface area contributed by atoms with Crippen LogP contribution in [0.4, 0.5) is 0 Å². The molecule has 0 fully saturated rings. The highest BCUT2D eigenvalue weighted by atomic mass is 32.2. The van der Waals surface area contributed by atoms with Crippen LogP contribution < -0.4 is 0 Å². The Hall–Kier alpha value is -1.68. The monoisotopic (exact) mass is 246 g/mol. The van der Waals surface area contributed by atoms with Gasteiger partial charge in [-0.25, -0.2) is 4.79 Å². The third kappa shape index (κ3) is 1.74. The summed E-state index contributed by atoms with van der Waals surface area (Å²) in [5, 5.41) is 8.96. The van der Waals surface area contributed by atoms with Crippen molar-refractivity contribution in [1.82, 2.24) is 0 Å². The first kappa shape index (κ1) is 10.5. The van der Waals surface area contributed by atoms with Crippen molar-refractivity contribution in [3.8, 4) is 0 Å². The quantitative estimate of drug-likeness (QED) is 0.827. The Morgan fingerprint density at radius 2 is 2.18 bits per heavy atom. The van der Waals surface area contributed by atoms with Crippen LogP contribution in [-0.2, 0) is 9.53 Å². The molecule has 0 unspecified atom stereocenters. The van der Waals surface area contributed by atoms with Crippen LogP contribution in [0.2, 0.25) is 0 Å². The number of carboxylic acids is 1. The van der Waals surface area contributed by atoms with Gasteiger partial charge in [-0.1, -0.05) is 18.2 Å². The number of hydrogen-bond donors (Lipinski definition) is 1. The molecule has 17 heavy (non-hydrogen) atoms. The van der Waals surface area contributed by atoms with Gasteiger partial charge in [0.2, 0.25) is 5.76 Å². The molecule has 3 nitrogen and oxygen atoms in total. The average molecular weight is 246 g/mol. The summed E-state index contributed by atoms with van der Waals surface area (Å²) in [5.41, 5.74) is 2.17. The maximum Gasteiger partial charge on any atom is 0.371 e. The van der Waals surface area contributed by atoms with Crippen LogP contribution in [0.5, 0.6) is 0 Å². The fraction of sp³-hybridized carbons (Fsp3) is 0.154. The van der Waals surface area contributed by atoms with Gasteiger partial charge in [-0.15, -0.1) is 11.8 Å². The molecule has 0 bridgehead atoms. The van der Waals surface area contributed by atoms with Crippen molar-refractivity contribution >= 4 is 23.5 Å². The lowest BCUT2D eigenvalue weighted by molar-refractivity contribution is -0.135. The zero-order valence-corrected chi connectivity index (χ0v) is 9.79. The molecule has 0 spiro atoms. The minimum absolute atomic E-state index is 0.0328. The molecule has 0 aromatic heterocycles. The smallest absolute Gasteiger partial charge is 0.371 e. The summed E-state index contributed by atoms with van der Waals surface area (Å²) in [6.45, 7) is 0. The summed E-state index contributed by atoms with van der Waals surface area (Å²) in [4.78, 5) is 12.1. The first-order valence-corrected chi connectivity index (χ1v) is 6.30. The zero-order chi connectivity index (χ0) is 11.8. The second-order valence-electron chi connectivity index (χ2n) is 3.90. The Bertz CT molecular complexity index is 558. The highest BCUT2D eigenvalue weighted by Crippen LogP contribution is 2.41. The van der Waals surface area contributed by atoms with Crippen molar-refractivity contribution in [3.63, 3.8) is 0 Å². The van der Waals surface area contributed by atoms with Crippen LogP contribution >= 0.6 is 11.8 Å². The molecule has 2 heterocycles. The van der Waals surface area contributed by atoms with E-state index < -0.39 is 5.97 Å². The zero-order valence-electron chi connectivity index (χ0n) is 8.97. The van der Waals surface area contributed by atoms with E-state index in [9.17, 15) is 4.79 Å². The number of benzene rings is 1. The van der Waals surface area contributed by atoms with E-state index >= 15 is 0 Å². The van der Waals surface area contributed by atoms with Crippen molar-refractivity contribution < 1.29 is 14.6 Å². The molecule has 0 radical (unpaired) electrons. The number of carbonyl (C=O) groups is 1. The van der Waals surface area contributed by atoms with Crippen LogP contribution in [0, 0.1) is 0 Å². The molecule has 1 aromatic rings. The number of allylic oxidation sites excluding steroid dienone is 1. The fourth-order valence-corrected chi connectivity index (χ4v) is 3.05. The maximum absolute atomic E-state index is 10.9. The van der Waals surface area contributed by atoms with Crippen LogP contribution in [0.1, 0.15) is 12.0 Å². The van der Waals surface area contributed by atoms with E-state index in [1.54, 1.807) is 17.8 Å². The van der Waals surface area contributed by atoms with Crippen LogP contribution in [0.3, 0.4) is 0 Å². The summed E-state index contributed by atoms with van der Waals surface area (Å²) in [6.07, 6.45) is 2.30. The third-order valence-electron chi connectivity index (χ3n) is 2.81. The molecule has 86 valence electrons. The number of hydrogen-bond acceptors (Lipinski definition) is 3. The number of aliphatic carboxylic acids is 1. The highest BCUT2D eigenvalue weighted by Gasteiger charge is 2.26. The van der Waals surface area contributed by atoms with Crippen molar-refractivity contribution in [1.29, 1.82) is 0 Å². The van der Waals surface area contributed by atoms with E-state index in [0.717, 1.165) is 22.0 Å². The van der Waals surface area contributed by atoms with Gasteiger partial charge < -0.3 is 9.84 Å². The first-order chi connectivity index (χ1) is 8.25. The van der Waals surface area contributed by atoms with Gasteiger partial charge in [-0.2, -0.15) is 0 Å². The molecule has 1 aromatic carbocycles. The predicted octanol–water partition coefficient (Wildman–Crippen LogP) is 2.89. The van der Waals surface area contributed by atoms with E-state index in [4.69, 9.17) is 9.84 Å². The minimum atomic E-state index is -1.01. The second-order valence-corrected chi connectivity index (χ2v) is 4.91. The molecule has 1 N–H and O–H groups in total. The standard InChI is InChI=1S/C13H10O3S/c14-13(15)10-6-5-8-7-17-11-4-2-1-3-9(11)12(8)16-10/h1-4,6H,5,7H2,(H,14,15). The summed E-state index contributed by atoms with van der Waals surface area (Å²) in [7, 11) is 0. The molecular weight excluding hydrogens is 236 g/mol. The van der Waals surface area contributed by atoms with Gasteiger partial charge in [0.05, 0.1) is 0 Å². The van der Waals surface area contributed by atoms with Gasteiger partial charge >= 0.3 is 5.97 Å². The SMILES string of the molecule is O=C(O)C1=CCC2=C(O1)c1ccccc1SC2. The van der Waals surface area contributed by atoms with E-state index in [2.05, 4.69) is 0 Å². The number of carboxylic acid groups (broad SMARTS) is 1. The number of rotatable bonds is 1. The third-order valence-corrected chi connectivity index (χ3v) is 3.97. The molecule has 0 atom stereocenters. The Labute approximate surface area is 103 Å². The number of thioether (sulfide) groups is 1. The minimum Gasteiger partial charge on any atom is -0.475 e. The Morgan fingerprint density at radius 1 is 1.35 bits per heavy atom. The Balaban J connectivity index is 2.03. The largest absolute Gasteiger partial charge is 0.475 e. The summed E-state index contributed by atoms with van der Waals surface area (Å²) >= 11 is 1.77. The van der Waals surface area contributed by atoms with E-state index in [1.807, 2.05) is 24.3 Å². The van der Waals surface area contributed by atoms with Crippen molar-refractivity contribution in [3.05, 3.63) is 47.2 Å². The van der Waals surface area contributed by atoms with Crippen LogP contribution in [-0.4, -0.2) is 16.8 Å².